The van der Waals surface area contributed by atoms with Crippen molar-refractivity contribution in [1.29, 1.82) is 0 Å². The third-order valence-electron chi connectivity index (χ3n) is 4.43. The normalized spacial score (nSPS) is 24.3. The molecule has 0 amide bonds. The van der Waals surface area contributed by atoms with Crippen LogP contribution in [0, 0.1) is 5.92 Å². The lowest BCUT2D eigenvalue weighted by Crippen LogP contribution is -2.37. The third kappa shape index (κ3) is 2.09. The molecule has 1 atom stereocenters. The van der Waals surface area contributed by atoms with E-state index in [1.54, 1.807) is 0 Å². The molecular weight excluding hydrogens is 224 g/mol. The first kappa shape index (κ1) is 11.9. The Kier molecular flexibility index (Phi) is 3.20. The second-order valence-electron chi connectivity index (χ2n) is 5.69. The molecule has 3 rings (SSSR count). The number of hydrogen-bond acceptors (Lipinski definition) is 4. The zero-order valence-corrected chi connectivity index (χ0v) is 11.1. The largest absolute Gasteiger partial charge is 0.341 e. The van der Waals surface area contributed by atoms with Crippen molar-refractivity contribution >= 4 is 5.95 Å². The van der Waals surface area contributed by atoms with Crippen LogP contribution < -0.4 is 10.6 Å². The van der Waals surface area contributed by atoms with E-state index in [9.17, 15) is 0 Å². The van der Waals surface area contributed by atoms with Crippen LogP contribution in [-0.4, -0.2) is 29.6 Å². The second kappa shape index (κ2) is 4.84. The smallest absolute Gasteiger partial charge is 0.225 e. The molecule has 1 aromatic heterocycles. The fraction of sp³-hybridized carbons (Fsp3) is 0.714. The van der Waals surface area contributed by atoms with Gasteiger partial charge in [-0.3, -0.25) is 0 Å². The van der Waals surface area contributed by atoms with E-state index in [2.05, 4.69) is 16.8 Å². The molecule has 18 heavy (non-hydrogen) atoms. The summed E-state index contributed by atoms with van der Waals surface area (Å²) in [5.41, 5.74) is 8.36. The van der Waals surface area contributed by atoms with Gasteiger partial charge in [-0.15, -0.1) is 0 Å². The Morgan fingerprint density at radius 1 is 1.33 bits per heavy atom. The Morgan fingerprint density at radius 3 is 2.83 bits per heavy atom. The maximum atomic E-state index is 5.73. The first-order valence-electron chi connectivity index (χ1n) is 7.08. The van der Waals surface area contributed by atoms with Gasteiger partial charge in [-0.25, -0.2) is 9.97 Å². The lowest BCUT2D eigenvalue weighted by Gasteiger charge is -2.31. The molecule has 2 heterocycles. The fourth-order valence-corrected chi connectivity index (χ4v) is 3.06. The number of hydrogen-bond donors (Lipinski definition) is 1. The van der Waals surface area contributed by atoms with Crippen LogP contribution in [0.4, 0.5) is 5.95 Å². The highest BCUT2D eigenvalue weighted by molar-refractivity contribution is 5.37. The first-order chi connectivity index (χ1) is 8.78. The Bertz CT molecular complexity index is 424. The molecule has 1 aliphatic heterocycles. The van der Waals surface area contributed by atoms with Gasteiger partial charge in [-0.1, -0.05) is 6.92 Å². The van der Waals surface area contributed by atoms with Crippen molar-refractivity contribution in [3.8, 4) is 0 Å². The summed E-state index contributed by atoms with van der Waals surface area (Å²) in [6.45, 7) is 5.18. The average Bonchev–Trinajstić information content (AvgIpc) is 2.80. The van der Waals surface area contributed by atoms with Crippen molar-refractivity contribution in [3.05, 3.63) is 17.5 Å². The number of piperidine rings is 1. The van der Waals surface area contributed by atoms with Crippen LogP contribution >= 0.6 is 0 Å². The van der Waals surface area contributed by atoms with Gasteiger partial charge in [0, 0.05) is 19.3 Å². The molecule has 2 N–H and O–H groups in total. The summed E-state index contributed by atoms with van der Waals surface area (Å²) in [6, 6.07) is 0. The van der Waals surface area contributed by atoms with Crippen LogP contribution in [0.3, 0.4) is 0 Å². The van der Waals surface area contributed by atoms with Crippen molar-refractivity contribution in [1.82, 2.24) is 9.97 Å². The number of nitrogens with two attached hydrogens (primary N) is 1. The Hall–Kier alpha value is -1.16. The molecule has 0 spiro atoms. The van der Waals surface area contributed by atoms with Gasteiger partial charge in [-0.2, -0.15) is 0 Å². The molecule has 1 aromatic rings. The van der Waals surface area contributed by atoms with Crippen molar-refractivity contribution in [2.45, 2.75) is 38.5 Å². The monoisotopic (exact) mass is 246 g/mol. The van der Waals surface area contributed by atoms with Crippen molar-refractivity contribution in [2.75, 3.05) is 24.5 Å². The van der Waals surface area contributed by atoms with Crippen molar-refractivity contribution in [2.24, 2.45) is 11.7 Å². The van der Waals surface area contributed by atoms with Crippen LogP contribution in [0.1, 0.15) is 43.4 Å². The van der Waals surface area contributed by atoms with Crippen molar-refractivity contribution < 1.29 is 0 Å². The highest BCUT2D eigenvalue weighted by Crippen LogP contribution is 2.32. The molecule has 0 bridgehead atoms. The summed E-state index contributed by atoms with van der Waals surface area (Å²) in [7, 11) is 0. The van der Waals surface area contributed by atoms with Gasteiger partial charge in [-0.05, 0) is 49.6 Å². The molecule has 1 unspecified atom stereocenters. The molecule has 0 radical (unpaired) electrons. The first-order valence-corrected chi connectivity index (χ1v) is 7.08. The number of fused-ring (bicyclic) bond motifs is 1. The van der Waals surface area contributed by atoms with Crippen LogP contribution in [0.5, 0.6) is 0 Å². The van der Waals surface area contributed by atoms with E-state index in [-0.39, 0.29) is 0 Å². The summed E-state index contributed by atoms with van der Waals surface area (Å²) in [5.74, 6) is 2.22. The molecule has 1 fully saturated rings. The summed E-state index contributed by atoms with van der Waals surface area (Å²) >= 11 is 0. The molecule has 1 saturated heterocycles. The number of aryl methyl sites for hydroxylation is 1. The molecule has 98 valence electrons. The standard InChI is InChI=1S/C14H22N4/c1-10-2-3-12-9-16-14(17-13(10)12)18-6-4-11(8-15)5-7-18/h9-11H,2-8,15H2,1H3. The topological polar surface area (TPSA) is 55.0 Å². The number of anilines is 1. The molecule has 4 heteroatoms. The van der Waals surface area contributed by atoms with Crippen LogP contribution in [0.2, 0.25) is 0 Å². The minimum atomic E-state index is 0.600. The lowest BCUT2D eigenvalue weighted by molar-refractivity contribution is 0.411. The summed E-state index contributed by atoms with van der Waals surface area (Å²) < 4.78 is 0. The van der Waals surface area contributed by atoms with Gasteiger partial charge in [0.2, 0.25) is 5.95 Å². The molecule has 0 saturated carbocycles. The van der Waals surface area contributed by atoms with Crippen LogP contribution in [0.25, 0.3) is 0 Å². The number of rotatable bonds is 2. The van der Waals surface area contributed by atoms with Crippen LogP contribution in [-0.2, 0) is 6.42 Å². The summed E-state index contributed by atoms with van der Waals surface area (Å²) in [6.07, 6.45) is 6.75. The zero-order valence-electron chi connectivity index (χ0n) is 11.1. The molecule has 1 aliphatic carbocycles. The highest BCUT2D eigenvalue weighted by Gasteiger charge is 2.24. The van der Waals surface area contributed by atoms with Gasteiger partial charge < -0.3 is 10.6 Å². The molecular formula is C14H22N4. The van der Waals surface area contributed by atoms with Crippen LogP contribution in [0.15, 0.2) is 6.20 Å². The van der Waals surface area contributed by atoms with Gasteiger partial charge in [0.05, 0.1) is 5.69 Å². The van der Waals surface area contributed by atoms with E-state index in [1.165, 1.54) is 30.5 Å². The van der Waals surface area contributed by atoms with Gasteiger partial charge >= 0.3 is 0 Å². The predicted octanol–water partition coefficient (Wildman–Crippen LogP) is 1.70. The second-order valence-corrected chi connectivity index (χ2v) is 5.69. The maximum absolute atomic E-state index is 5.73. The van der Waals surface area contributed by atoms with E-state index in [4.69, 9.17) is 10.7 Å². The number of nitrogens with zero attached hydrogens (tertiary/aromatic N) is 3. The van der Waals surface area contributed by atoms with Gasteiger partial charge in [0.25, 0.3) is 0 Å². The predicted molar refractivity (Wildman–Crippen MR) is 72.8 cm³/mol. The lowest BCUT2D eigenvalue weighted by atomic mass is 9.97. The maximum Gasteiger partial charge on any atom is 0.225 e. The Morgan fingerprint density at radius 2 is 2.11 bits per heavy atom. The molecule has 2 aliphatic rings. The third-order valence-corrected chi connectivity index (χ3v) is 4.43. The minimum absolute atomic E-state index is 0.600. The Balaban J connectivity index is 1.76. The molecule has 0 aromatic carbocycles. The minimum Gasteiger partial charge on any atom is -0.341 e. The van der Waals surface area contributed by atoms with Gasteiger partial charge in [0.1, 0.15) is 0 Å². The van der Waals surface area contributed by atoms with E-state index in [0.717, 1.165) is 32.0 Å². The van der Waals surface area contributed by atoms with E-state index >= 15 is 0 Å². The SMILES string of the molecule is CC1CCc2cnc(N3CCC(CN)CC3)nc21. The van der Waals surface area contributed by atoms with Crippen molar-refractivity contribution in [3.63, 3.8) is 0 Å². The number of aromatic nitrogens is 2. The quantitative estimate of drug-likeness (QED) is 0.863. The van der Waals surface area contributed by atoms with Gasteiger partial charge in [0.15, 0.2) is 0 Å². The fourth-order valence-electron chi connectivity index (χ4n) is 3.06. The van der Waals surface area contributed by atoms with E-state index < -0.39 is 0 Å². The van der Waals surface area contributed by atoms with E-state index in [0.29, 0.717) is 11.8 Å². The average molecular weight is 246 g/mol. The zero-order chi connectivity index (χ0) is 12.5. The van der Waals surface area contributed by atoms with E-state index in [1.807, 2.05) is 6.20 Å². The molecule has 4 nitrogen and oxygen atoms in total. The highest BCUT2D eigenvalue weighted by atomic mass is 15.3. The Labute approximate surface area is 109 Å². The summed E-state index contributed by atoms with van der Waals surface area (Å²) in [4.78, 5) is 11.7. The summed E-state index contributed by atoms with van der Waals surface area (Å²) in [5, 5.41) is 0.